The second-order valence-corrected chi connectivity index (χ2v) is 1.78. The number of carbonyl (C=O) groups excluding carboxylic acids is 1. The largest absolute Gasteiger partial charge is 0.438 e. The quantitative estimate of drug-likeness (QED) is 0.490. The average molecular weight is 198 g/mol. The van der Waals surface area contributed by atoms with E-state index in [2.05, 4.69) is 0 Å². The fourth-order valence-corrected chi connectivity index (χ4v) is 0.321. The normalized spacial score (nSPS) is 17.7. The van der Waals surface area contributed by atoms with Crippen LogP contribution in [0.15, 0.2) is 0 Å². The Hall–Kier alpha value is -0.820. The summed E-state index contributed by atoms with van der Waals surface area (Å²) in [6, 6.07) is -3.75. The van der Waals surface area contributed by atoms with Crippen LogP contribution < -0.4 is 0 Å². The first-order valence-corrected chi connectivity index (χ1v) is 2.37. The van der Waals surface area contributed by atoms with E-state index in [1.807, 2.05) is 0 Å². The lowest BCUT2D eigenvalue weighted by atomic mass is 10.1. The van der Waals surface area contributed by atoms with Crippen molar-refractivity contribution in [2.24, 2.45) is 0 Å². The minimum Gasteiger partial charge on any atom is -0.257 e. The van der Waals surface area contributed by atoms with Crippen LogP contribution in [0.4, 0.5) is 30.7 Å². The Morgan fingerprint density at radius 3 is 1.42 bits per heavy atom. The van der Waals surface area contributed by atoms with Gasteiger partial charge in [0.05, 0.1) is 0 Å². The van der Waals surface area contributed by atoms with Crippen LogP contribution in [0.25, 0.3) is 0 Å². The van der Waals surface area contributed by atoms with E-state index in [1.54, 1.807) is 0 Å². The van der Waals surface area contributed by atoms with Crippen LogP contribution in [0.1, 0.15) is 0 Å². The van der Waals surface area contributed by atoms with Crippen molar-refractivity contribution in [3.8, 4) is 0 Å². The van der Waals surface area contributed by atoms with Crippen LogP contribution >= 0.6 is 0 Å². The Morgan fingerprint density at radius 2 is 1.42 bits per heavy atom. The van der Waals surface area contributed by atoms with Gasteiger partial charge in [0.1, 0.15) is 0 Å². The van der Waals surface area contributed by atoms with Crippen molar-refractivity contribution in [1.29, 1.82) is 0 Å². The van der Waals surface area contributed by atoms with Crippen molar-refractivity contribution in [2.75, 3.05) is 0 Å². The lowest BCUT2D eigenvalue weighted by molar-refractivity contribution is -0.262. The van der Waals surface area contributed by atoms with Gasteiger partial charge in [0.2, 0.25) is 0 Å². The van der Waals surface area contributed by atoms with Gasteiger partial charge in [0.15, 0.2) is 0 Å². The van der Waals surface area contributed by atoms with Crippen molar-refractivity contribution in [1.82, 2.24) is 0 Å². The third-order valence-electron chi connectivity index (χ3n) is 0.999. The lowest BCUT2D eigenvalue weighted by Crippen LogP contribution is -2.52. The number of carbonyl (C=O) groups is 1. The first-order chi connectivity index (χ1) is 5.14. The second kappa shape index (κ2) is 2.91. The molecule has 0 aliphatic heterocycles. The summed E-state index contributed by atoms with van der Waals surface area (Å²) in [5.74, 6) is 0. The molecule has 0 rings (SSSR count). The zero-order chi connectivity index (χ0) is 10.2. The van der Waals surface area contributed by atoms with Gasteiger partial charge in [-0.25, -0.2) is 13.2 Å². The Labute approximate surface area is 61.2 Å². The predicted molar refractivity (Wildman–Crippen MR) is 22.0 cm³/mol. The number of hydrogen-bond donors (Lipinski definition) is 0. The lowest BCUT2D eigenvalue weighted by Gasteiger charge is -2.21. The first-order valence-electron chi connectivity index (χ1n) is 2.37. The number of alkyl halides is 6. The van der Waals surface area contributed by atoms with Crippen molar-refractivity contribution >= 4 is 6.04 Å². The van der Waals surface area contributed by atoms with Crippen LogP contribution in [0.5, 0.6) is 0 Å². The van der Waals surface area contributed by atoms with Crippen LogP contribution in [0, 0.1) is 0 Å². The number of rotatable bonds is 2. The van der Waals surface area contributed by atoms with Gasteiger partial charge < -0.3 is 0 Å². The molecule has 1 nitrogen and oxygen atoms in total. The van der Waals surface area contributed by atoms with Crippen molar-refractivity contribution in [3.63, 3.8) is 0 Å². The maximum atomic E-state index is 11.9. The second-order valence-electron chi connectivity index (χ2n) is 1.78. The molecule has 0 saturated carbocycles. The van der Waals surface area contributed by atoms with Gasteiger partial charge in [-0.05, 0) is 0 Å². The first kappa shape index (κ1) is 11.2. The average Bonchev–Trinajstić information content (AvgIpc) is 1.82. The molecule has 0 aliphatic carbocycles. The highest BCUT2D eigenvalue weighted by Gasteiger charge is 2.69. The van der Waals surface area contributed by atoms with Gasteiger partial charge in [-0.1, -0.05) is 0 Å². The summed E-state index contributed by atoms with van der Waals surface area (Å²) >= 11 is 0. The summed E-state index contributed by atoms with van der Waals surface area (Å²) in [4.78, 5) is 9.31. The van der Waals surface area contributed by atoms with Gasteiger partial charge in [0.25, 0.3) is 6.43 Å². The van der Waals surface area contributed by atoms with Gasteiger partial charge >= 0.3 is 17.9 Å². The maximum absolute atomic E-state index is 11.9. The molecule has 8 heteroatoms. The molecule has 0 radical (unpaired) electrons. The van der Waals surface area contributed by atoms with Gasteiger partial charge in [-0.15, -0.1) is 0 Å². The maximum Gasteiger partial charge on any atom is 0.438 e. The van der Waals surface area contributed by atoms with Crippen LogP contribution in [0.2, 0.25) is 0 Å². The molecule has 0 aromatic rings. The number of hydrogen-bond acceptors (Lipinski definition) is 1. The van der Waals surface area contributed by atoms with E-state index in [0.717, 1.165) is 0 Å². The topological polar surface area (TPSA) is 17.1 Å². The summed E-state index contributed by atoms with van der Waals surface area (Å²) in [5, 5.41) is 0. The molecule has 72 valence electrons. The van der Waals surface area contributed by atoms with E-state index in [1.165, 1.54) is 0 Å². The smallest absolute Gasteiger partial charge is 0.257 e. The zero-order valence-corrected chi connectivity index (χ0v) is 5.13. The summed E-state index contributed by atoms with van der Waals surface area (Å²) in [5.41, 5.74) is -5.70. The minimum atomic E-state index is -6.24. The van der Waals surface area contributed by atoms with Crippen LogP contribution in [-0.4, -0.2) is 24.3 Å². The molecule has 0 aromatic heterocycles. The molecule has 0 fully saturated rings. The third-order valence-corrected chi connectivity index (χ3v) is 0.999. The van der Waals surface area contributed by atoms with E-state index < -0.39 is 24.3 Å². The fourth-order valence-electron chi connectivity index (χ4n) is 0.321. The molecule has 12 heavy (non-hydrogen) atoms. The summed E-state index contributed by atoms with van der Waals surface area (Å²) in [7, 11) is 0. The molecule has 0 spiro atoms. The van der Waals surface area contributed by atoms with Crippen molar-refractivity contribution in [3.05, 3.63) is 0 Å². The highest BCUT2D eigenvalue weighted by Crippen LogP contribution is 2.39. The zero-order valence-electron chi connectivity index (χ0n) is 5.13. The Balaban J connectivity index is 5.02. The van der Waals surface area contributed by atoms with Gasteiger partial charge in [0, 0.05) is 0 Å². The van der Waals surface area contributed by atoms with Crippen LogP contribution in [0.3, 0.4) is 0 Å². The van der Waals surface area contributed by atoms with Crippen molar-refractivity contribution < 1.29 is 35.5 Å². The SMILES string of the molecule is O=C(F)C(F)(C(F)F)C(F)(F)F. The standard InChI is InChI=1S/C4HF7O/c5-1(6)3(8,2(7)12)4(9,10)11/h1H. The Kier molecular flexibility index (Phi) is 2.71. The molecule has 0 heterocycles. The highest BCUT2D eigenvalue weighted by molar-refractivity contribution is 5.80. The van der Waals surface area contributed by atoms with E-state index in [4.69, 9.17) is 0 Å². The molecule has 1 atom stereocenters. The molecule has 0 aliphatic rings. The fraction of sp³-hybridized carbons (Fsp3) is 0.750. The molecule has 0 N–H and O–H groups in total. The third kappa shape index (κ3) is 1.51. The molecule has 0 aromatic carbocycles. The summed E-state index contributed by atoms with van der Waals surface area (Å²) < 4.78 is 79.6. The Morgan fingerprint density at radius 1 is 1.08 bits per heavy atom. The Bertz CT molecular complexity index is 184. The minimum absolute atomic E-state index is 3.75. The number of halogens is 7. The van der Waals surface area contributed by atoms with E-state index in [0.29, 0.717) is 0 Å². The molecule has 1 unspecified atom stereocenters. The molecule has 0 amide bonds. The van der Waals surface area contributed by atoms with Gasteiger partial charge in [-0.2, -0.15) is 17.6 Å². The van der Waals surface area contributed by atoms with Crippen LogP contribution in [-0.2, 0) is 4.79 Å². The van der Waals surface area contributed by atoms with E-state index in [-0.39, 0.29) is 0 Å². The summed E-state index contributed by atoms with van der Waals surface area (Å²) in [6.07, 6.45) is -11.0. The molecule has 0 bridgehead atoms. The van der Waals surface area contributed by atoms with E-state index >= 15 is 0 Å². The predicted octanol–water partition coefficient (Wildman–Crippen LogP) is 2.02. The van der Waals surface area contributed by atoms with Gasteiger partial charge in [-0.3, -0.25) is 4.79 Å². The highest BCUT2D eigenvalue weighted by atomic mass is 19.4. The molecular weight excluding hydrogens is 197 g/mol. The summed E-state index contributed by atoms with van der Waals surface area (Å²) in [6.45, 7) is 0. The molecule has 0 saturated heterocycles. The van der Waals surface area contributed by atoms with E-state index in [9.17, 15) is 35.5 Å². The monoisotopic (exact) mass is 198 g/mol. The molecular formula is C4HF7O. The van der Waals surface area contributed by atoms with Crippen molar-refractivity contribution in [2.45, 2.75) is 18.3 Å².